The van der Waals surface area contributed by atoms with E-state index in [-0.39, 0.29) is 24.4 Å². The number of carboxylic acid groups (broad SMARTS) is 1. The molecule has 0 spiro atoms. The van der Waals surface area contributed by atoms with Crippen molar-refractivity contribution in [1.29, 1.82) is 0 Å². The summed E-state index contributed by atoms with van der Waals surface area (Å²) >= 11 is 0. The van der Waals surface area contributed by atoms with Crippen LogP contribution in [0.4, 0.5) is 4.79 Å². The van der Waals surface area contributed by atoms with Crippen LogP contribution in [0.2, 0.25) is 0 Å². The van der Waals surface area contributed by atoms with Gasteiger partial charge in [-0.25, -0.2) is 9.59 Å². The number of hydrogen-bond acceptors (Lipinski definition) is 4. The third-order valence-corrected chi connectivity index (χ3v) is 2.74. The van der Waals surface area contributed by atoms with Crippen molar-refractivity contribution in [3.8, 4) is 0 Å². The van der Waals surface area contributed by atoms with Crippen molar-refractivity contribution in [2.24, 2.45) is 0 Å². The molecule has 1 unspecified atom stereocenters. The highest BCUT2D eigenvalue weighted by atomic mass is 16.4. The van der Waals surface area contributed by atoms with Gasteiger partial charge in [-0.1, -0.05) is 0 Å². The normalized spacial score (nSPS) is 12.2. The summed E-state index contributed by atoms with van der Waals surface area (Å²) in [6, 6.07) is 2.78. The summed E-state index contributed by atoms with van der Waals surface area (Å²) in [7, 11) is 3.86. The van der Waals surface area contributed by atoms with E-state index in [9.17, 15) is 9.59 Å². The molecule has 7 heteroatoms. The van der Waals surface area contributed by atoms with Gasteiger partial charge in [0.2, 0.25) is 5.76 Å². The zero-order valence-electron chi connectivity index (χ0n) is 11.3. The first kappa shape index (κ1) is 15.0. The first-order chi connectivity index (χ1) is 8.90. The van der Waals surface area contributed by atoms with Crippen LogP contribution in [0.25, 0.3) is 0 Å². The maximum absolute atomic E-state index is 11.5. The van der Waals surface area contributed by atoms with Gasteiger partial charge in [-0.15, -0.1) is 0 Å². The molecule has 1 aromatic rings. The topological polar surface area (TPSA) is 94.8 Å². The summed E-state index contributed by atoms with van der Waals surface area (Å²) in [6.45, 7) is 2.67. The largest absolute Gasteiger partial charge is 0.475 e. The lowest BCUT2D eigenvalue weighted by atomic mass is 10.3. The minimum absolute atomic E-state index is 0.140. The number of furan rings is 1. The number of hydrogen-bond donors (Lipinski definition) is 3. The Hall–Kier alpha value is -2.02. The predicted octanol–water partition coefficient (Wildman–Crippen LogP) is 0.727. The van der Waals surface area contributed by atoms with E-state index >= 15 is 0 Å². The fraction of sp³-hybridized carbons (Fsp3) is 0.500. The molecule has 19 heavy (non-hydrogen) atoms. The molecule has 7 nitrogen and oxygen atoms in total. The lowest BCUT2D eigenvalue weighted by Gasteiger charge is -2.19. The van der Waals surface area contributed by atoms with E-state index < -0.39 is 5.97 Å². The molecular formula is C12H19N3O4. The molecule has 1 heterocycles. The highest BCUT2D eigenvalue weighted by molar-refractivity contribution is 5.84. The maximum Gasteiger partial charge on any atom is 0.371 e. The Labute approximate surface area is 111 Å². The molecule has 0 saturated heterocycles. The molecule has 0 aliphatic carbocycles. The molecule has 0 radical (unpaired) electrons. The second-order valence-electron chi connectivity index (χ2n) is 4.45. The zero-order valence-corrected chi connectivity index (χ0v) is 11.3. The summed E-state index contributed by atoms with van der Waals surface area (Å²) in [5.74, 6) is -0.873. The van der Waals surface area contributed by atoms with Gasteiger partial charge in [-0.2, -0.15) is 0 Å². The van der Waals surface area contributed by atoms with Crippen molar-refractivity contribution in [3.05, 3.63) is 23.7 Å². The number of rotatable bonds is 6. The number of nitrogens with one attached hydrogen (secondary N) is 2. The van der Waals surface area contributed by atoms with Crippen molar-refractivity contribution >= 4 is 12.0 Å². The standard InChI is InChI=1S/C12H19N3O4/c1-8(15(2)3)6-13-12(18)14-7-9-4-5-10(19-9)11(16)17/h4-5,8H,6-7H2,1-3H3,(H,16,17)(H2,13,14,18). The average molecular weight is 269 g/mol. The van der Waals surface area contributed by atoms with Crippen LogP contribution in [0, 0.1) is 0 Å². The summed E-state index contributed by atoms with van der Waals surface area (Å²) in [4.78, 5) is 24.1. The van der Waals surface area contributed by atoms with E-state index in [1.165, 1.54) is 12.1 Å². The summed E-state index contributed by atoms with van der Waals surface area (Å²) in [6.07, 6.45) is 0. The quantitative estimate of drug-likeness (QED) is 0.707. The number of aromatic carboxylic acids is 1. The van der Waals surface area contributed by atoms with Crippen LogP contribution < -0.4 is 10.6 Å². The minimum atomic E-state index is -1.13. The van der Waals surface area contributed by atoms with E-state index in [4.69, 9.17) is 9.52 Å². The van der Waals surface area contributed by atoms with E-state index in [1.54, 1.807) is 0 Å². The fourth-order valence-electron chi connectivity index (χ4n) is 1.24. The molecule has 0 aliphatic heterocycles. The lowest BCUT2D eigenvalue weighted by molar-refractivity contribution is 0.0660. The third kappa shape index (κ3) is 5.01. The molecule has 3 N–H and O–H groups in total. The van der Waals surface area contributed by atoms with Crippen LogP contribution in [0.5, 0.6) is 0 Å². The Kier molecular flexibility index (Phi) is 5.37. The molecule has 0 bridgehead atoms. The fourth-order valence-corrected chi connectivity index (χ4v) is 1.24. The van der Waals surface area contributed by atoms with Crippen molar-refractivity contribution in [2.45, 2.75) is 19.5 Å². The van der Waals surface area contributed by atoms with Gasteiger partial charge in [-0.3, -0.25) is 0 Å². The van der Waals surface area contributed by atoms with Gasteiger partial charge in [0.15, 0.2) is 0 Å². The predicted molar refractivity (Wildman–Crippen MR) is 69.1 cm³/mol. The number of likely N-dealkylation sites (N-methyl/N-ethyl adjacent to an activating group) is 1. The van der Waals surface area contributed by atoms with Crippen molar-refractivity contribution < 1.29 is 19.1 Å². The van der Waals surface area contributed by atoms with Crippen LogP contribution in [0.3, 0.4) is 0 Å². The molecule has 1 aromatic heterocycles. The Bertz CT molecular complexity index is 442. The molecule has 2 amide bonds. The molecule has 0 aliphatic rings. The molecule has 1 atom stereocenters. The van der Waals surface area contributed by atoms with Crippen LogP contribution in [0.1, 0.15) is 23.2 Å². The van der Waals surface area contributed by atoms with Gasteiger partial charge in [0.05, 0.1) is 6.54 Å². The Morgan fingerprint density at radius 2 is 2.05 bits per heavy atom. The Balaban J connectivity index is 2.31. The van der Waals surface area contributed by atoms with Gasteiger partial charge in [-0.05, 0) is 33.2 Å². The van der Waals surface area contributed by atoms with Gasteiger partial charge >= 0.3 is 12.0 Å². The van der Waals surface area contributed by atoms with Gasteiger partial charge in [0.1, 0.15) is 5.76 Å². The van der Waals surface area contributed by atoms with Crippen LogP contribution in [-0.4, -0.2) is 48.7 Å². The molecule has 0 fully saturated rings. The van der Waals surface area contributed by atoms with Crippen LogP contribution >= 0.6 is 0 Å². The second-order valence-corrected chi connectivity index (χ2v) is 4.45. The Morgan fingerprint density at radius 1 is 1.37 bits per heavy atom. The maximum atomic E-state index is 11.5. The molecule has 0 saturated carbocycles. The molecule has 1 rings (SSSR count). The minimum Gasteiger partial charge on any atom is -0.475 e. The van der Waals surface area contributed by atoms with Gasteiger partial charge < -0.3 is 25.1 Å². The van der Waals surface area contributed by atoms with E-state index in [1.807, 2.05) is 25.9 Å². The number of amides is 2. The smallest absolute Gasteiger partial charge is 0.371 e. The van der Waals surface area contributed by atoms with Crippen LogP contribution in [0.15, 0.2) is 16.5 Å². The first-order valence-corrected chi connectivity index (χ1v) is 5.90. The summed E-state index contributed by atoms with van der Waals surface area (Å²) < 4.78 is 5.01. The zero-order chi connectivity index (χ0) is 14.4. The van der Waals surface area contributed by atoms with Gasteiger partial charge in [0, 0.05) is 12.6 Å². The van der Waals surface area contributed by atoms with E-state index in [0.717, 1.165) is 0 Å². The van der Waals surface area contributed by atoms with E-state index in [2.05, 4.69) is 10.6 Å². The number of nitrogens with zero attached hydrogens (tertiary/aromatic N) is 1. The summed E-state index contributed by atoms with van der Waals surface area (Å²) in [5, 5.41) is 14.0. The van der Waals surface area contributed by atoms with Crippen LogP contribution in [-0.2, 0) is 6.54 Å². The van der Waals surface area contributed by atoms with E-state index in [0.29, 0.717) is 12.3 Å². The molecule has 0 aromatic carbocycles. The van der Waals surface area contributed by atoms with Gasteiger partial charge in [0.25, 0.3) is 0 Å². The van der Waals surface area contributed by atoms with Crippen molar-refractivity contribution in [2.75, 3.05) is 20.6 Å². The monoisotopic (exact) mass is 269 g/mol. The second kappa shape index (κ2) is 6.79. The number of carbonyl (C=O) groups excluding carboxylic acids is 1. The number of carbonyl (C=O) groups is 2. The number of urea groups is 1. The third-order valence-electron chi connectivity index (χ3n) is 2.74. The lowest BCUT2D eigenvalue weighted by Crippen LogP contribution is -2.42. The molecular weight excluding hydrogens is 250 g/mol. The van der Waals surface area contributed by atoms with Crippen molar-refractivity contribution in [1.82, 2.24) is 15.5 Å². The number of carboxylic acids is 1. The Morgan fingerprint density at radius 3 is 2.58 bits per heavy atom. The molecule has 106 valence electrons. The highest BCUT2D eigenvalue weighted by Gasteiger charge is 2.10. The first-order valence-electron chi connectivity index (χ1n) is 5.90. The van der Waals surface area contributed by atoms with Crippen molar-refractivity contribution in [3.63, 3.8) is 0 Å². The average Bonchev–Trinajstić information content (AvgIpc) is 2.82. The summed E-state index contributed by atoms with van der Waals surface area (Å²) in [5.41, 5.74) is 0. The SMILES string of the molecule is CC(CNC(=O)NCc1ccc(C(=O)O)o1)N(C)C. The highest BCUT2D eigenvalue weighted by Crippen LogP contribution is 2.07.